The van der Waals surface area contributed by atoms with Gasteiger partial charge in [0, 0.05) is 5.02 Å². The summed E-state index contributed by atoms with van der Waals surface area (Å²) in [5.41, 5.74) is 0.599. The largest absolute Gasteiger partial charge is 0.507 e. The maximum Gasteiger partial charge on any atom is 0.342 e. The first-order valence-electron chi connectivity index (χ1n) is 6.58. The second-order valence-corrected chi connectivity index (χ2v) is 5.21. The number of carbonyl (C=O) groups is 2. The molecule has 0 atom stereocenters. The summed E-state index contributed by atoms with van der Waals surface area (Å²) in [5.74, 6) is -2.49. The molecule has 7 heteroatoms. The number of anilines is 1. The molecule has 0 bridgehead atoms. The zero-order chi connectivity index (χ0) is 17.0. The number of halogens is 2. The van der Waals surface area contributed by atoms with Gasteiger partial charge in [-0.25, -0.2) is 9.18 Å². The van der Waals surface area contributed by atoms with Crippen LogP contribution < -0.4 is 5.32 Å². The molecule has 0 aliphatic rings. The van der Waals surface area contributed by atoms with E-state index in [1.54, 1.807) is 13.0 Å². The number of benzene rings is 2. The number of aryl methyl sites for hydroxylation is 1. The number of phenols is 1. The highest BCUT2D eigenvalue weighted by Crippen LogP contribution is 2.20. The fourth-order valence-corrected chi connectivity index (χ4v) is 1.97. The van der Waals surface area contributed by atoms with E-state index in [0.29, 0.717) is 0 Å². The van der Waals surface area contributed by atoms with Crippen LogP contribution in [-0.2, 0) is 9.53 Å². The Morgan fingerprint density at radius 1 is 1.26 bits per heavy atom. The Kier molecular flexibility index (Phi) is 5.18. The molecule has 0 heterocycles. The molecule has 2 N–H and O–H groups in total. The third-order valence-electron chi connectivity index (χ3n) is 2.91. The minimum Gasteiger partial charge on any atom is -0.507 e. The van der Waals surface area contributed by atoms with Gasteiger partial charge in [0.25, 0.3) is 5.91 Å². The first kappa shape index (κ1) is 16.8. The van der Waals surface area contributed by atoms with Gasteiger partial charge in [-0.1, -0.05) is 17.7 Å². The predicted molar refractivity (Wildman–Crippen MR) is 83.2 cm³/mol. The van der Waals surface area contributed by atoms with Gasteiger partial charge in [-0.2, -0.15) is 0 Å². The molecule has 0 aliphatic heterocycles. The number of nitrogens with one attached hydrogen (secondary N) is 1. The van der Waals surface area contributed by atoms with Gasteiger partial charge < -0.3 is 15.2 Å². The lowest BCUT2D eigenvalue weighted by atomic mass is 10.1. The van der Waals surface area contributed by atoms with Crippen LogP contribution in [0.15, 0.2) is 36.4 Å². The third kappa shape index (κ3) is 4.43. The molecule has 0 saturated heterocycles. The highest BCUT2D eigenvalue weighted by atomic mass is 35.5. The van der Waals surface area contributed by atoms with Crippen LogP contribution in [-0.4, -0.2) is 23.6 Å². The van der Waals surface area contributed by atoms with Gasteiger partial charge in [-0.3, -0.25) is 4.79 Å². The molecule has 0 radical (unpaired) electrons. The first-order valence-corrected chi connectivity index (χ1v) is 6.96. The standard InChI is InChI=1S/C16H13ClFNO4/c1-9-2-4-11(14(20)6-9)16(22)23-8-15(21)19-13-7-10(17)3-5-12(13)18/h2-7,20H,8H2,1H3,(H,19,21). The van der Waals surface area contributed by atoms with Crippen molar-refractivity contribution in [3.63, 3.8) is 0 Å². The summed E-state index contributed by atoms with van der Waals surface area (Å²) in [6.07, 6.45) is 0. The zero-order valence-corrected chi connectivity index (χ0v) is 12.9. The number of amides is 1. The topological polar surface area (TPSA) is 75.6 Å². The van der Waals surface area contributed by atoms with Gasteiger partial charge in [0.2, 0.25) is 0 Å². The van der Waals surface area contributed by atoms with Gasteiger partial charge in [-0.05, 0) is 42.8 Å². The Hall–Kier alpha value is -2.60. The quantitative estimate of drug-likeness (QED) is 0.839. The molecule has 2 rings (SSSR count). The van der Waals surface area contributed by atoms with Crippen molar-refractivity contribution in [2.24, 2.45) is 0 Å². The van der Waals surface area contributed by atoms with E-state index in [2.05, 4.69) is 5.32 Å². The van der Waals surface area contributed by atoms with E-state index < -0.39 is 24.3 Å². The van der Waals surface area contributed by atoms with Gasteiger partial charge in [0.15, 0.2) is 6.61 Å². The van der Waals surface area contributed by atoms with Crippen molar-refractivity contribution < 1.29 is 23.8 Å². The van der Waals surface area contributed by atoms with Crippen LogP contribution in [0.2, 0.25) is 5.02 Å². The maximum absolute atomic E-state index is 13.5. The first-order chi connectivity index (χ1) is 10.9. The lowest BCUT2D eigenvalue weighted by Crippen LogP contribution is -2.21. The third-order valence-corrected chi connectivity index (χ3v) is 3.15. The minimum absolute atomic E-state index is 0.0580. The van der Waals surface area contributed by atoms with Crippen molar-refractivity contribution >= 4 is 29.2 Å². The summed E-state index contributed by atoms with van der Waals surface area (Å²) < 4.78 is 18.3. The molecule has 120 valence electrons. The number of hydrogen-bond acceptors (Lipinski definition) is 4. The number of esters is 1. The fraction of sp³-hybridized carbons (Fsp3) is 0.125. The molecule has 2 aromatic carbocycles. The monoisotopic (exact) mass is 337 g/mol. The van der Waals surface area contributed by atoms with E-state index in [-0.39, 0.29) is 22.0 Å². The van der Waals surface area contributed by atoms with E-state index in [4.69, 9.17) is 16.3 Å². The lowest BCUT2D eigenvalue weighted by Gasteiger charge is -2.09. The summed E-state index contributed by atoms with van der Waals surface area (Å²) in [4.78, 5) is 23.5. The van der Waals surface area contributed by atoms with Crippen LogP contribution in [0, 0.1) is 12.7 Å². The average molecular weight is 338 g/mol. The predicted octanol–water partition coefficient (Wildman–Crippen LogP) is 3.29. The van der Waals surface area contributed by atoms with E-state index in [1.807, 2.05) is 0 Å². The molecule has 0 aromatic heterocycles. The van der Waals surface area contributed by atoms with Crippen LogP contribution in [0.3, 0.4) is 0 Å². The van der Waals surface area contributed by atoms with Gasteiger partial charge in [0.1, 0.15) is 17.1 Å². The summed E-state index contributed by atoms with van der Waals surface area (Å²) in [6.45, 7) is 1.12. The number of carbonyl (C=O) groups excluding carboxylic acids is 2. The van der Waals surface area contributed by atoms with Crippen LogP contribution in [0.5, 0.6) is 5.75 Å². The number of phenolic OH excluding ortho intramolecular Hbond substituents is 1. The second-order valence-electron chi connectivity index (χ2n) is 4.77. The Morgan fingerprint density at radius 2 is 2.00 bits per heavy atom. The highest BCUT2D eigenvalue weighted by molar-refractivity contribution is 6.30. The normalized spacial score (nSPS) is 10.2. The van der Waals surface area contributed by atoms with E-state index in [1.165, 1.54) is 24.3 Å². The van der Waals surface area contributed by atoms with E-state index in [9.17, 15) is 19.1 Å². The van der Waals surface area contributed by atoms with Gasteiger partial charge in [0.05, 0.1) is 5.69 Å². The lowest BCUT2D eigenvalue weighted by molar-refractivity contribution is -0.119. The molecule has 0 aliphatic carbocycles. The number of aromatic hydroxyl groups is 1. The van der Waals surface area contributed by atoms with Gasteiger partial charge in [-0.15, -0.1) is 0 Å². The van der Waals surface area contributed by atoms with Crippen LogP contribution >= 0.6 is 11.6 Å². The van der Waals surface area contributed by atoms with E-state index in [0.717, 1.165) is 11.6 Å². The average Bonchev–Trinajstić information content (AvgIpc) is 2.48. The zero-order valence-electron chi connectivity index (χ0n) is 12.1. The SMILES string of the molecule is Cc1ccc(C(=O)OCC(=O)Nc2cc(Cl)ccc2F)c(O)c1. The summed E-state index contributed by atoms with van der Waals surface area (Å²) in [5, 5.41) is 12.2. The molecule has 0 fully saturated rings. The molecule has 23 heavy (non-hydrogen) atoms. The summed E-state index contributed by atoms with van der Waals surface area (Å²) in [6, 6.07) is 8.10. The highest BCUT2D eigenvalue weighted by Gasteiger charge is 2.15. The Morgan fingerprint density at radius 3 is 2.70 bits per heavy atom. The van der Waals surface area contributed by atoms with Crippen molar-refractivity contribution in [2.45, 2.75) is 6.92 Å². The molecule has 0 saturated carbocycles. The van der Waals surface area contributed by atoms with E-state index >= 15 is 0 Å². The molecule has 0 unspecified atom stereocenters. The molecule has 5 nitrogen and oxygen atoms in total. The molecule has 0 spiro atoms. The number of rotatable bonds is 4. The summed E-state index contributed by atoms with van der Waals surface area (Å²) >= 11 is 5.71. The van der Waals surface area contributed by atoms with Crippen molar-refractivity contribution in [1.82, 2.24) is 0 Å². The summed E-state index contributed by atoms with van der Waals surface area (Å²) in [7, 11) is 0. The smallest absolute Gasteiger partial charge is 0.342 e. The Balaban J connectivity index is 1.96. The molecular formula is C16H13ClFNO4. The van der Waals surface area contributed by atoms with Crippen molar-refractivity contribution in [3.05, 3.63) is 58.4 Å². The number of hydrogen-bond donors (Lipinski definition) is 2. The van der Waals surface area contributed by atoms with Crippen molar-refractivity contribution in [2.75, 3.05) is 11.9 Å². The Bertz CT molecular complexity index is 764. The minimum atomic E-state index is -0.857. The molecule has 1 amide bonds. The maximum atomic E-state index is 13.5. The van der Waals surface area contributed by atoms with Crippen LogP contribution in [0.4, 0.5) is 10.1 Å². The van der Waals surface area contributed by atoms with Crippen LogP contribution in [0.25, 0.3) is 0 Å². The Labute approximate surface area is 136 Å². The van der Waals surface area contributed by atoms with Crippen molar-refractivity contribution in [3.8, 4) is 5.75 Å². The van der Waals surface area contributed by atoms with Crippen LogP contribution in [0.1, 0.15) is 15.9 Å². The molecule has 2 aromatic rings. The van der Waals surface area contributed by atoms with Crippen molar-refractivity contribution in [1.29, 1.82) is 0 Å². The fourth-order valence-electron chi connectivity index (χ4n) is 1.80. The van der Waals surface area contributed by atoms with Gasteiger partial charge >= 0.3 is 5.97 Å². The number of ether oxygens (including phenoxy) is 1. The second kappa shape index (κ2) is 7.11. The molecular weight excluding hydrogens is 325 g/mol.